The van der Waals surface area contributed by atoms with Gasteiger partial charge in [0.1, 0.15) is 17.2 Å². The van der Waals surface area contributed by atoms with E-state index in [4.69, 9.17) is 21.3 Å². The van der Waals surface area contributed by atoms with Crippen LogP contribution in [0.3, 0.4) is 0 Å². The molecule has 3 aromatic rings. The summed E-state index contributed by atoms with van der Waals surface area (Å²) >= 11 is 6.31. The Labute approximate surface area is 206 Å². The summed E-state index contributed by atoms with van der Waals surface area (Å²) in [6, 6.07) is 23.9. The standard InChI is InChI=1S/C28H30ClN3O2/c1-34-23-10-7-21(8-11-23)25-18-26(24-17-22(29)9-12-27(24)33)31-28(30-25)13-15-32(16-14-28)19-20-5-3-2-4-6-20/h2-12,17,26,31,33H,13-16,18-19H2,1H3. The molecule has 2 aliphatic heterocycles. The molecule has 1 saturated heterocycles. The van der Waals surface area contributed by atoms with Gasteiger partial charge in [-0.05, 0) is 66.4 Å². The second kappa shape index (κ2) is 9.79. The minimum atomic E-state index is -0.375. The van der Waals surface area contributed by atoms with Crippen LogP contribution in [0.15, 0.2) is 77.8 Å². The largest absolute Gasteiger partial charge is 0.508 e. The number of hydrogen-bond donors (Lipinski definition) is 2. The van der Waals surface area contributed by atoms with Crippen molar-refractivity contribution in [1.82, 2.24) is 10.2 Å². The number of rotatable bonds is 5. The van der Waals surface area contributed by atoms with Gasteiger partial charge < -0.3 is 9.84 Å². The number of piperidine rings is 1. The van der Waals surface area contributed by atoms with Crippen LogP contribution in [0.4, 0.5) is 0 Å². The van der Waals surface area contributed by atoms with Crippen LogP contribution in [-0.4, -0.2) is 41.6 Å². The summed E-state index contributed by atoms with van der Waals surface area (Å²) in [4.78, 5) is 7.78. The van der Waals surface area contributed by atoms with Crippen LogP contribution in [0.1, 0.15) is 42.0 Å². The van der Waals surface area contributed by atoms with E-state index in [1.807, 2.05) is 18.2 Å². The van der Waals surface area contributed by atoms with Crippen LogP contribution in [0, 0.1) is 0 Å². The first-order valence-electron chi connectivity index (χ1n) is 11.8. The quantitative estimate of drug-likeness (QED) is 0.506. The van der Waals surface area contributed by atoms with Gasteiger partial charge in [-0.3, -0.25) is 15.2 Å². The van der Waals surface area contributed by atoms with Crippen molar-refractivity contribution in [3.05, 3.63) is 94.5 Å². The Morgan fingerprint density at radius 1 is 1.06 bits per heavy atom. The van der Waals surface area contributed by atoms with Crippen LogP contribution in [-0.2, 0) is 6.54 Å². The summed E-state index contributed by atoms with van der Waals surface area (Å²) in [5, 5.41) is 15.1. The lowest BCUT2D eigenvalue weighted by Gasteiger charge is -2.45. The first kappa shape index (κ1) is 22.9. The SMILES string of the molecule is COc1ccc(C2=NC3(CCN(Cc4ccccc4)CC3)NC(c3cc(Cl)ccc3O)C2)cc1. The summed E-state index contributed by atoms with van der Waals surface area (Å²) in [6.45, 7) is 2.86. The lowest BCUT2D eigenvalue weighted by molar-refractivity contribution is 0.120. The smallest absolute Gasteiger partial charge is 0.120 e. The van der Waals surface area contributed by atoms with Gasteiger partial charge in [0.15, 0.2) is 0 Å². The number of benzene rings is 3. The molecule has 0 amide bonds. The van der Waals surface area contributed by atoms with Crippen LogP contribution in [0.25, 0.3) is 0 Å². The Bertz CT molecular complexity index is 1160. The minimum Gasteiger partial charge on any atom is -0.508 e. The highest BCUT2D eigenvalue weighted by molar-refractivity contribution is 6.30. The van der Waals surface area contributed by atoms with E-state index in [0.29, 0.717) is 11.4 Å². The summed E-state index contributed by atoms with van der Waals surface area (Å²) < 4.78 is 5.34. The number of likely N-dealkylation sites (tertiary alicyclic amines) is 1. The molecular weight excluding hydrogens is 446 g/mol. The van der Waals surface area contributed by atoms with Crippen LogP contribution in [0.5, 0.6) is 11.5 Å². The lowest BCUT2D eigenvalue weighted by Crippen LogP contribution is -2.55. The van der Waals surface area contributed by atoms with Gasteiger partial charge in [-0.15, -0.1) is 0 Å². The predicted molar refractivity (Wildman–Crippen MR) is 137 cm³/mol. The normalized spacial score (nSPS) is 20.2. The van der Waals surface area contributed by atoms with Gasteiger partial charge >= 0.3 is 0 Å². The molecule has 0 saturated carbocycles. The van der Waals surface area contributed by atoms with Crippen LogP contribution >= 0.6 is 11.6 Å². The second-order valence-electron chi connectivity index (χ2n) is 9.18. The Morgan fingerprint density at radius 3 is 2.50 bits per heavy atom. The van der Waals surface area contributed by atoms with Gasteiger partial charge in [-0.1, -0.05) is 41.9 Å². The van der Waals surface area contributed by atoms with Gasteiger partial charge in [0.25, 0.3) is 0 Å². The fourth-order valence-electron chi connectivity index (χ4n) is 5.04. The van der Waals surface area contributed by atoms with Gasteiger partial charge in [-0.25, -0.2) is 0 Å². The Balaban J connectivity index is 1.43. The Kier molecular flexibility index (Phi) is 6.59. The molecule has 176 valence electrons. The zero-order chi connectivity index (χ0) is 23.5. The van der Waals surface area contributed by atoms with E-state index in [0.717, 1.165) is 55.1 Å². The third-order valence-electron chi connectivity index (χ3n) is 6.91. The van der Waals surface area contributed by atoms with Gasteiger partial charge in [0.05, 0.1) is 7.11 Å². The molecule has 0 radical (unpaired) electrons. The fourth-order valence-corrected chi connectivity index (χ4v) is 5.22. The fraction of sp³-hybridized carbons (Fsp3) is 0.321. The molecule has 0 bridgehead atoms. The maximum atomic E-state index is 10.6. The monoisotopic (exact) mass is 475 g/mol. The number of aliphatic imine (C=N–C) groups is 1. The molecule has 1 atom stereocenters. The van der Waals surface area contributed by atoms with E-state index in [1.165, 1.54) is 5.56 Å². The molecule has 3 aromatic carbocycles. The molecule has 0 aromatic heterocycles. The van der Waals surface area contributed by atoms with Gasteiger partial charge in [0, 0.05) is 48.4 Å². The van der Waals surface area contributed by atoms with Gasteiger partial charge in [-0.2, -0.15) is 0 Å². The summed E-state index contributed by atoms with van der Waals surface area (Å²) in [7, 11) is 1.67. The molecule has 5 rings (SSSR count). The molecule has 0 aliphatic carbocycles. The number of nitrogens with zero attached hydrogens (tertiary/aromatic N) is 2. The summed E-state index contributed by atoms with van der Waals surface area (Å²) in [5.74, 6) is 1.08. The first-order valence-corrected chi connectivity index (χ1v) is 12.2. The zero-order valence-corrected chi connectivity index (χ0v) is 20.1. The molecule has 2 N–H and O–H groups in total. The summed E-state index contributed by atoms with van der Waals surface area (Å²) in [6.07, 6.45) is 2.48. The number of hydrogen-bond acceptors (Lipinski definition) is 5. The Hall–Kier alpha value is -2.86. The van der Waals surface area contributed by atoms with E-state index in [2.05, 4.69) is 52.7 Å². The average molecular weight is 476 g/mol. The number of methoxy groups -OCH3 is 1. The molecule has 2 heterocycles. The first-order chi connectivity index (χ1) is 16.5. The molecule has 34 heavy (non-hydrogen) atoms. The molecule has 2 aliphatic rings. The molecule has 1 unspecified atom stereocenters. The van der Waals surface area contributed by atoms with E-state index in [-0.39, 0.29) is 17.5 Å². The van der Waals surface area contributed by atoms with E-state index < -0.39 is 0 Å². The van der Waals surface area contributed by atoms with Crippen molar-refractivity contribution in [3.63, 3.8) is 0 Å². The van der Waals surface area contributed by atoms with Crippen molar-refractivity contribution in [1.29, 1.82) is 0 Å². The summed E-state index contributed by atoms with van der Waals surface area (Å²) in [5.41, 5.74) is 3.90. The van der Waals surface area contributed by atoms with Crippen LogP contribution < -0.4 is 10.1 Å². The topological polar surface area (TPSA) is 57.1 Å². The van der Waals surface area contributed by atoms with E-state index in [1.54, 1.807) is 19.2 Å². The third kappa shape index (κ3) is 4.97. The minimum absolute atomic E-state index is 0.0750. The molecule has 6 heteroatoms. The third-order valence-corrected chi connectivity index (χ3v) is 7.14. The lowest BCUT2D eigenvalue weighted by atomic mass is 9.87. The van der Waals surface area contributed by atoms with Crippen LogP contribution in [0.2, 0.25) is 5.02 Å². The number of phenols is 1. The molecular formula is C28H30ClN3O2. The maximum absolute atomic E-state index is 10.6. The van der Waals surface area contributed by atoms with E-state index in [9.17, 15) is 5.11 Å². The number of nitrogens with one attached hydrogen (secondary N) is 1. The van der Waals surface area contributed by atoms with Gasteiger partial charge in [0.2, 0.25) is 0 Å². The highest BCUT2D eigenvalue weighted by atomic mass is 35.5. The predicted octanol–water partition coefficient (Wildman–Crippen LogP) is 5.57. The van der Waals surface area contributed by atoms with Crippen molar-refractivity contribution >= 4 is 17.3 Å². The molecule has 1 fully saturated rings. The average Bonchev–Trinajstić information content (AvgIpc) is 2.87. The second-order valence-corrected chi connectivity index (χ2v) is 9.62. The highest BCUT2D eigenvalue weighted by Crippen LogP contribution is 2.38. The highest BCUT2D eigenvalue weighted by Gasteiger charge is 2.40. The number of ether oxygens (including phenoxy) is 1. The zero-order valence-electron chi connectivity index (χ0n) is 19.4. The van der Waals surface area contributed by atoms with Crippen molar-refractivity contribution in [2.75, 3.05) is 20.2 Å². The van der Waals surface area contributed by atoms with Crippen molar-refractivity contribution < 1.29 is 9.84 Å². The van der Waals surface area contributed by atoms with Crippen molar-refractivity contribution in [3.8, 4) is 11.5 Å². The number of phenolic OH excluding ortho intramolecular Hbond substituents is 1. The number of halogens is 1. The Morgan fingerprint density at radius 2 is 1.79 bits per heavy atom. The molecule has 1 spiro atoms. The number of aromatic hydroxyl groups is 1. The maximum Gasteiger partial charge on any atom is 0.120 e. The van der Waals surface area contributed by atoms with E-state index >= 15 is 0 Å². The molecule has 5 nitrogen and oxygen atoms in total. The van der Waals surface area contributed by atoms with Crippen molar-refractivity contribution in [2.45, 2.75) is 37.5 Å². The van der Waals surface area contributed by atoms with Crippen molar-refractivity contribution in [2.24, 2.45) is 4.99 Å².